The normalized spacial score (nSPS) is 10.6. The number of aromatic nitrogens is 1. The SMILES string of the molecule is CCOC(=O)c1ccc(OCC(=O)c2cc(C)n(CCOC)c2C)cc1. The van der Waals surface area contributed by atoms with Gasteiger partial charge < -0.3 is 18.8 Å². The highest BCUT2D eigenvalue weighted by Gasteiger charge is 2.16. The van der Waals surface area contributed by atoms with Crippen molar-refractivity contribution in [1.29, 1.82) is 0 Å². The topological polar surface area (TPSA) is 66.8 Å². The van der Waals surface area contributed by atoms with Crippen molar-refractivity contribution in [3.63, 3.8) is 0 Å². The van der Waals surface area contributed by atoms with Crippen molar-refractivity contribution in [3.8, 4) is 5.75 Å². The van der Waals surface area contributed by atoms with E-state index in [0.29, 0.717) is 36.6 Å². The van der Waals surface area contributed by atoms with Crippen molar-refractivity contribution in [1.82, 2.24) is 4.57 Å². The number of esters is 1. The lowest BCUT2D eigenvalue weighted by Crippen LogP contribution is -2.14. The minimum Gasteiger partial charge on any atom is -0.485 e. The minimum absolute atomic E-state index is 0.0622. The smallest absolute Gasteiger partial charge is 0.338 e. The fourth-order valence-electron chi connectivity index (χ4n) is 2.74. The highest BCUT2D eigenvalue weighted by atomic mass is 16.5. The van der Waals surface area contributed by atoms with Crippen LogP contribution in [0.15, 0.2) is 30.3 Å². The van der Waals surface area contributed by atoms with Gasteiger partial charge in [0, 0.05) is 30.6 Å². The average Bonchev–Trinajstić information content (AvgIpc) is 2.92. The predicted octanol–water partition coefficient (Wildman–Crippen LogP) is 3.19. The molecule has 0 aliphatic carbocycles. The van der Waals surface area contributed by atoms with Gasteiger partial charge in [0.2, 0.25) is 5.78 Å². The van der Waals surface area contributed by atoms with Gasteiger partial charge in [-0.15, -0.1) is 0 Å². The van der Waals surface area contributed by atoms with Gasteiger partial charge in [-0.25, -0.2) is 4.79 Å². The van der Waals surface area contributed by atoms with Gasteiger partial charge in [-0.2, -0.15) is 0 Å². The molecular weight excluding hydrogens is 334 g/mol. The van der Waals surface area contributed by atoms with Crippen LogP contribution in [0.2, 0.25) is 0 Å². The highest BCUT2D eigenvalue weighted by Crippen LogP contribution is 2.17. The molecule has 2 rings (SSSR count). The first-order chi connectivity index (χ1) is 12.5. The maximum atomic E-state index is 12.5. The molecule has 1 heterocycles. The Balaban J connectivity index is 1.99. The molecule has 1 aromatic carbocycles. The maximum absolute atomic E-state index is 12.5. The fraction of sp³-hybridized carbons (Fsp3) is 0.400. The van der Waals surface area contributed by atoms with Crippen LogP contribution in [-0.4, -0.2) is 43.3 Å². The number of aryl methyl sites for hydroxylation is 1. The molecule has 26 heavy (non-hydrogen) atoms. The lowest BCUT2D eigenvalue weighted by Gasteiger charge is -2.09. The summed E-state index contributed by atoms with van der Waals surface area (Å²) in [5.41, 5.74) is 3.03. The summed E-state index contributed by atoms with van der Waals surface area (Å²) in [5, 5.41) is 0. The molecule has 140 valence electrons. The molecule has 0 aliphatic rings. The number of carbonyl (C=O) groups is 2. The van der Waals surface area contributed by atoms with E-state index in [2.05, 4.69) is 4.57 Å². The monoisotopic (exact) mass is 359 g/mol. The Kier molecular flexibility index (Phi) is 6.97. The van der Waals surface area contributed by atoms with Gasteiger partial charge in [0.25, 0.3) is 0 Å². The van der Waals surface area contributed by atoms with E-state index in [9.17, 15) is 9.59 Å². The Morgan fingerprint density at radius 1 is 1.12 bits per heavy atom. The summed E-state index contributed by atoms with van der Waals surface area (Å²) in [6.45, 7) is 7.21. The largest absolute Gasteiger partial charge is 0.485 e. The Morgan fingerprint density at radius 3 is 2.42 bits per heavy atom. The number of Topliss-reactive ketones (excluding diaryl/α,β-unsaturated/α-hetero) is 1. The van der Waals surface area contributed by atoms with Crippen LogP contribution in [-0.2, 0) is 16.0 Å². The van der Waals surface area contributed by atoms with E-state index in [4.69, 9.17) is 14.2 Å². The van der Waals surface area contributed by atoms with Gasteiger partial charge >= 0.3 is 5.97 Å². The third kappa shape index (κ3) is 4.73. The highest BCUT2D eigenvalue weighted by molar-refractivity contribution is 5.98. The van der Waals surface area contributed by atoms with E-state index < -0.39 is 0 Å². The van der Waals surface area contributed by atoms with Gasteiger partial charge in [-0.1, -0.05) is 0 Å². The summed E-state index contributed by atoms with van der Waals surface area (Å²) >= 11 is 0. The molecule has 0 fully saturated rings. The summed E-state index contributed by atoms with van der Waals surface area (Å²) in [5.74, 6) is 0.0643. The maximum Gasteiger partial charge on any atom is 0.338 e. The van der Waals surface area contributed by atoms with E-state index in [1.54, 1.807) is 38.3 Å². The molecule has 2 aromatic rings. The van der Waals surface area contributed by atoms with Gasteiger partial charge in [0.1, 0.15) is 5.75 Å². The molecule has 0 aliphatic heterocycles. The molecule has 6 heteroatoms. The van der Waals surface area contributed by atoms with Crippen molar-refractivity contribution in [2.45, 2.75) is 27.3 Å². The second-order valence-electron chi connectivity index (χ2n) is 5.89. The second kappa shape index (κ2) is 9.20. The second-order valence-corrected chi connectivity index (χ2v) is 5.89. The zero-order valence-electron chi connectivity index (χ0n) is 15.7. The van der Waals surface area contributed by atoms with Gasteiger partial charge in [0.05, 0.1) is 18.8 Å². The number of ether oxygens (including phenoxy) is 3. The third-order valence-electron chi connectivity index (χ3n) is 4.13. The third-order valence-corrected chi connectivity index (χ3v) is 4.13. The number of carbonyl (C=O) groups excluding carboxylic acids is 2. The van der Waals surface area contributed by atoms with E-state index in [0.717, 1.165) is 11.4 Å². The average molecular weight is 359 g/mol. The first kappa shape index (κ1) is 19.7. The van der Waals surface area contributed by atoms with Crippen molar-refractivity contribution >= 4 is 11.8 Å². The summed E-state index contributed by atoms with van der Waals surface area (Å²) in [4.78, 5) is 24.1. The van der Waals surface area contributed by atoms with Crippen LogP contribution in [0.25, 0.3) is 0 Å². The van der Waals surface area contributed by atoms with Crippen LogP contribution < -0.4 is 4.74 Å². The molecule has 0 N–H and O–H groups in total. The van der Waals surface area contributed by atoms with Crippen molar-refractivity contribution in [3.05, 3.63) is 52.8 Å². The predicted molar refractivity (Wildman–Crippen MR) is 98.0 cm³/mol. The number of hydrogen-bond donors (Lipinski definition) is 0. The quantitative estimate of drug-likeness (QED) is 0.508. The van der Waals surface area contributed by atoms with Crippen LogP contribution in [0, 0.1) is 13.8 Å². The van der Waals surface area contributed by atoms with Crippen LogP contribution >= 0.6 is 0 Å². The van der Waals surface area contributed by atoms with Crippen molar-refractivity contribution < 1.29 is 23.8 Å². The molecule has 0 radical (unpaired) electrons. The molecule has 0 atom stereocenters. The number of benzene rings is 1. The van der Waals surface area contributed by atoms with E-state index in [1.165, 1.54) is 0 Å². The molecule has 0 unspecified atom stereocenters. The standard InChI is InChI=1S/C20H25NO5/c1-5-25-20(23)16-6-8-17(9-7-16)26-13-19(22)18-12-14(2)21(15(18)3)10-11-24-4/h6-9,12H,5,10-11,13H2,1-4H3. The number of ketones is 1. The summed E-state index contributed by atoms with van der Waals surface area (Å²) < 4.78 is 17.7. The van der Waals surface area contributed by atoms with E-state index >= 15 is 0 Å². The fourth-order valence-corrected chi connectivity index (χ4v) is 2.74. The summed E-state index contributed by atoms with van der Waals surface area (Å²) in [6, 6.07) is 8.42. The Bertz CT molecular complexity index is 761. The molecule has 1 aromatic heterocycles. The van der Waals surface area contributed by atoms with Crippen LogP contribution in [0.4, 0.5) is 0 Å². The molecule has 0 saturated heterocycles. The van der Waals surface area contributed by atoms with Crippen LogP contribution in [0.1, 0.15) is 39.0 Å². The number of rotatable bonds is 9. The zero-order chi connectivity index (χ0) is 19.1. The minimum atomic E-state index is -0.376. The Labute approximate surface area is 153 Å². The summed E-state index contributed by atoms with van der Waals surface area (Å²) in [7, 11) is 1.65. The Morgan fingerprint density at radius 2 is 1.81 bits per heavy atom. The first-order valence-electron chi connectivity index (χ1n) is 8.56. The Hall–Kier alpha value is -2.60. The molecule has 0 amide bonds. The number of nitrogens with zero attached hydrogens (tertiary/aromatic N) is 1. The zero-order valence-corrected chi connectivity index (χ0v) is 15.7. The summed E-state index contributed by atoms with van der Waals surface area (Å²) in [6.07, 6.45) is 0. The van der Waals surface area contributed by atoms with Crippen LogP contribution in [0.3, 0.4) is 0 Å². The lowest BCUT2D eigenvalue weighted by atomic mass is 10.1. The molecule has 0 saturated carbocycles. The molecule has 0 bridgehead atoms. The first-order valence-corrected chi connectivity index (χ1v) is 8.56. The molecule has 6 nitrogen and oxygen atoms in total. The van der Waals surface area contributed by atoms with E-state index in [-0.39, 0.29) is 18.4 Å². The van der Waals surface area contributed by atoms with E-state index in [1.807, 2.05) is 19.9 Å². The molecular formula is C20H25NO5. The number of methoxy groups -OCH3 is 1. The van der Waals surface area contributed by atoms with Crippen molar-refractivity contribution in [2.75, 3.05) is 26.9 Å². The van der Waals surface area contributed by atoms with Gasteiger partial charge in [0.15, 0.2) is 6.61 Å². The lowest BCUT2D eigenvalue weighted by molar-refractivity contribution is 0.0526. The van der Waals surface area contributed by atoms with Gasteiger partial charge in [-0.05, 0) is 51.1 Å². The van der Waals surface area contributed by atoms with Gasteiger partial charge in [-0.3, -0.25) is 4.79 Å². The van der Waals surface area contributed by atoms with Crippen molar-refractivity contribution in [2.24, 2.45) is 0 Å². The van der Waals surface area contributed by atoms with Crippen LogP contribution in [0.5, 0.6) is 5.75 Å². The number of hydrogen-bond acceptors (Lipinski definition) is 5. The molecule has 0 spiro atoms.